The van der Waals surface area contributed by atoms with Gasteiger partial charge in [-0.05, 0) is 60.6 Å². The zero-order valence-electron chi connectivity index (χ0n) is 19.3. The van der Waals surface area contributed by atoms with E-state index in [0.717, 1.165) is 35.8 Å². The number of aliphatic hydroxyl groups excluding tert-OH is 2. The molecule has 0 aromatic carbocycles. The normalized spacial score (nSPS) is 40.7. The molecule has 3 saturated carbocycles. The number of hydrogen-bond donors (Lipinski definition) is 3. The van der Waals surface area contributed by atoms with Crippen LogP contribution < -0.4 is 5.32 Å². The first kappa shape index (κ1) is 21.4. The minimum absolute atomic E-state index is 0.0807. The summed E-state index contributed by atoms with van der Waals surface area (Å²) >= 11 is 1.68. The predicted molar refractivity (Wildman–Crippen MR) is 127 cm³/mol. The molecule has 4 aliphatic rings. The molecular formula is C26H31N3O3S. The average molecular weight is 466 g/mol. The molecule has 3 fully saturated rings. The summed E-state index contributed by atoms with van der Waals surface area (Å²) in [6.07, 6.45) is 4.71. The fourth-order valence-corrected chi connectivity index (χ4v) is 9.56. The zero-order chi connectivity index (χ0) is 23.3. The number of rotatable bonds is 2. The lowest BCUT2D eigenvalue weighted by Crippen LogP contribution is -2.68. The van der Waals surface area contributed by atoms with Crippen LogP contribution in [0.4, 0.5) is 10.8 Å². The molecule has 0 aliphatic heterocycles. The highest BCUT2D eigenvalue weighted by molar-refractivity contribution is 7.15. The van der Waals surface area contributed by atoms with Crippen LogP contribution in [-0.4, -0.2) is 38.2 Å². The van der Waals surface area contributed by atoms with Gasteiger partial charge in [-0.2, -0.15) is 0 Å². The molecule has 2 aromatic heterocycles. The van der Waals surface area contributed by atoms with E-state index < -0.39 is 17.6 Å². The van der Waals surface area contributed by atoms with Gasteiger partial charge in [0.1, 0.15) is 0 Å². The highest BCUT2D eigenvalue weighted by atomic mass is 32.1. The number of aliphatic hydroxyl groups is 2. The molecule has 2 heterocycles. The summed E-state index contributed by atoms with van der Waals surface area (Å²) in [5.41, 5.74) is 0.961. The Morgan fingerprint density at radius 3 is 2.61 bits per heavy atom. The quantitative estimate of drug-likeness (QED) is 0.580. The Kier molecular flexibility index (Phi) is 4.38. The number of fused-ring (bicyclic) bond motifs is 4. The molecule has 0 amide bonds. The molecule has 6 nitrogen and oxygen atoms in total. The van der Waals surface area contributed by atoms with Crippen LogP contribution in [0.5, 0.6) is 0 Å². The first-order chi connectivity index (χ1) is 15.6. The molecule has 33 heavy (non-hydrogen) atoms. The van der Waals surface area contributed by atoms with Crippen LogP contribution >= 0.6 is 11.3 Å². The van der Waals surface area contributed by atoms with Gasteiger partial charge in [0.2, 0.25) is 0 Å². The third-order valence-electron chi connectivity index (χ3n) is 9.60. The summed E-state index contributed by atoms with van der Waals surface area (Å²) in [4.78, 5) is 23.9. The third kappa shape index (κ3) is 2.53. The van der Waals surface area contributed by atoms with Gasteiger partial charge in [0.25, 0.3) is 0 Å². The molecular weight excluding hydrogens is 434 g/mol. The SMILES string of the molecule is C=C1C(=O)C23C(O)CC4C(C)(C)c5nc(Nc6ccncc6)sc5CC4(C)C2CCC1C3O. The molecule has 7 heteroatoms. The highest BCUT2D eigenvalue weighted by Gasteiger charge is 2.74. The van der Waals surface area contributed by atoms with Gasteiger partial charge in [-0.25, -0.2) is 4.98 Å². The zero-order valence-corrected chi connectivity index (χ0v) is 20.2. The van der Waals surface area contributed by atoms with Crippen LogP contribution in [0.15, 0.2) is 36.7 Å². The number of thiazole rings is 1. The smallest absolute Gasteiger partial charge is 0.187 e. The van der Waals surface area contributed by atoms with E-state index in [0.29, 0.717) is 12.0 Å². The van der Waals surface area contributed by atoms with Crippen LogP contribution in [0.1, 0.15) is 50.6 Å². The topological polar surface area (TPSA) is 95.3 Å². The number of nitrogens with zero attached hydrogens (tertiary/aromatic N) is 2. The number of pyridine rings is 1. The second-order valence-corrected chi connectivity index (χ2v) is 12.4. The first-order valence-corrected chi connectivity index (χ1v) is 12.7. The minimum Gasteiger partial charge on any atom is -0.392 e. The largest absolute Gasteiger partial charge is 0.392 e. The van der Waals surface area contributed by atoms with Crippen molar-refractivity contribution in [1.82, 2.24) is 9.97 Å². The number of anilines is 2. The Morgan fingerprint density at radius 1 is 1.15 bits per heavy atom. The maximum atomic E-state index is 13.6. The fourth-order valence-electron chi connectivity index (χ4n) is 8.24. The predicted octanol–water partition coefficient (Wildman–Crippen LogP) is 4.01. The van der Waals surface area contributed by atoms with Gasteiger partial charge >= 0.3 is 0 Å². The molecule has 7 unspecified atom stereocenters. The summed E-state index contributed by atoms with van der Waals surface area (Å²) in [5, 5.41) is 27.1. The Labute approximate surface area is 198 Å². The highest BCUT2D eigenvalue weighted by Crippen LogP contribution is 2.70. The van der Waals surface area contributed by atoms with Crippen LogP contribution in [0, 0.1) is 28.6 Å². The molecule has 6 rings (SSSR count). The summed E-state index contributed by atoms with van der Waals surface area (Å²) in [6, 6.07) is 3.84. The number of Topliss-reactive ketones (excluding diaryl/α,β-unsaturated/α-hetero) is 1. The number of aromatic nitrogens is 2. The molecule has 0 radical (unpaired) electrons. The molecule has 4 aliphatic carbocycles. The van der Waals surface area contributed by atoms with Gasteiger partial charge < -0.3 is 15.5 Å². The second kappa shape index (κ2) is 6.74. The average Bonchev–Trinajstić information content (AvgIpc) is 3.21. The van der Waals surface area contributed by atoms with Crippen molar-refractivity contribution < 1.29 is 15.0 Å². The number of carbonyl (C=O) groups excluding carboxylic acids is 1. The van der Waals surface area contributed by atoms with Crippen molar-refractivity contribution in [3.63, 3.8) is 0 Å². The van der Waals surface area contributed by atoms with Crippen molar-refractivity contribution in [3.05, 3.63) is 47.2 Å². The van der Waals surface area contributed by atoms with Gasteiger partial charge in [0.05, 0.1) is 23.3 Å². The number of carbonyl (C=O) groups is 1. The maximum absolute atomic E-state index is 13.6. The molecule has 3 N–H and O–H groups in total. The van der Waals surface area contributed by atoms with E-state index in [4.69, 9.17) is 4.98 Å². The molecule has 1 spiro atoms. The van der Waals surface area contributed by atoms with Crippen LogP contribution in [0.25, 0.3) is 0 Å². The van der Waals surface area contributed by atoms with E-state index in [1.165, 1.54) is 4.88 Å². The van der Waals surface area contributed by atoms with Gasteiger partial charge in [-0.15, -0.1) is 11.3 Å². The van der Waals surface area contributed by atoms with Crippen molar-refractivity contribution in [2.24, 2.45) is 28.6 Å². The van der Waals surface area contributed by atoms with Gasteiger partial charge in [-0.1, -0.05) is 27.4 Å². The van der Waals surface area contributed by atoms with Crippen molar-refractivity contribution >= 4 is 27.9 Å². The van der Waals surface area contributed by atoms with Crippen LogP contribution in [-0.2, 0) is 16.6 Å². The molecule has 2 aromatic rings. The van der Waals surface area contributed by atoms with Gasteiger partial charge in [0, 0.05) is 34.3 Å². The number of hydrogen-bond acceptors (Lipinski definition) is 7. The fraction of sp³-hybridized carbons (Fsp3) is 0.577. The standard InChI is InChI=1S/C26H31N3O3S/c1-13-15-5-6-17-25(4)12-16-20(29-23(33-16)28-14-7-9-27-10-8-14)24(2,3)18(25)11-19(30)26(17,21(13)31)22(15)32/h7-10,15,17-19,22,30,32H,1,5-6,11-12H2,2-4H3,(H,27,28,29). The molecule has 2 bridgehead atoms. The van der Waals surface area contributed by atoms with Crippen molar-refractivity contribution in [2.75, 3.05) is 5.32 Å². The van der Waals surface area contributed by atoms with Crippen LogP contribution in [0.2, 0.25) is 0 Å². The van der Waals surface area contributed by atoms with E-state index in [9.17, 15) is 15.0 Å². The molecule has 7 atom stereocenters. The Bertz CT molecular complexity index is 1160. The Hall–Kier alpha value is -2.09. The first-order valence-electron chi connectivity index (χ1n) is 11.9. The molecule has 0 saturated heterocycles. The Morgan fingerprint density at radius 2 is 1.88 bits per heavy atom. The van der Waals surface area contributed by atoms with E-state index in [2.05, 4.69) is 37.7 Å². The Balaban J connectivity index is 1.45. The lowest BCUT2D eigenvalue weighted by Gasteiger charge is -2.64. The lowest BCUT2D eigenvalue weighted by atomic mass is 9.40. The van der Waals surface area contributed by atoms with Gasteiger partial charge in [0.15, 0.2) is 10.9 Å². The van der Waals surface area contributed by atoms with E-state index in [-0.39, 0.29) is 34.4 Å². The minimum atomic E-state index is -1.11. The summed E-state index contributed by atoms with van der Waals surface area (Å²) < 4.78 is 0. The van der Waals surface area contributed by atoms with E-state index in [1.54, 1.807) is 23.7 Å². The summed E-state index contributed by atoms with van der Waals surface area (Å²) in [7, 11) is 0. The lowest BCUT2D eigenvalue weighted by molar-refractivity contribution is -0.212. The number of ketones is 1. The summed E-state index contributed by atoms with van der Waals surface area (Å²) in [5.74, 6) is -0.231. The second-order valence-electron chi connectivity index (χ2n) is 11.3. The monoisotopic (exact) mass is 465 g/mol. The van der Waals surface area contributed by atoms with Crippen molar-refractivity contribution in [3.8, 4) is 0 Å². The number of nitrogens with one attached hydrogen (secondary N) is 1. The third-order valence-corrected chi connectivity index (χ3v) is 10.6. The van der Waals surface area contributed by atoms with Crippen molar-refractivity contribution in [1.29, 1.82) is 0 Å². The summed E-state index contributed by atoms with van der Waals surface area (Å²) in [6.45, 7) is 10.8. The van der Waals surface area contributed by atoms with Crippen LogP contribution in [0.3, 0.4) is 0 Å². The van der Waals surface area contributed by atoms with E-state index >= 15 is 0 Å². The van der Waals surface area contributed by atoms with Gasteiger partial charge in [-0.3, -0.25) is 9.78 Å². The van der Waals surface area contributed by atoms with Crippen molar-refractivity contribution in [2.45, 2.75) is 64.1 Å². The molecule has 174 valence electrons. The van der Waals surface area contributed by atoms with E-state index in [1.807, 2.05) is 12.1 Å². The maximum Gasteiger partial charge on any atom is 0.187 e.